The third-order valence-corrected chi connectivity index (χ3v) is 6.21. The number of phenols is 2. The van der Waals surface area contributed by atoms with Gasteiger partial charge in [-0.25, -0.2) is 0 Å². The molecule has 190 valence electrons. The van der Waals surface area contributed by atoms with Gasteiger partial charge >= 0.3 is 5.97 Å². The van der Waals surface area contributed by atoms with E-state index < -0.39 is 11.9 Å². The van der Waals surface area contributed by atoms with Crippen molar-refractivity contribution in [1.29, 1.82) is 0 Å². The minimum atomic E-state index is -0.744. The number of methoxy groups -OCH3 is 1. The third-order valence-electron chi connectivity index (χ3n) is 5.91. The van der Waals surface area contributed by atoms with Crippen LogP contribution in [0.5, 0.6) is 17.2 Å². The van der Waals surface area contributed by atoms with Crippen molar-refractivity contribution in [3.05, 3.63) is 99.4 Å². The molecule has 0 amide bonds. The van der Waals surface area contributed by atoms with E-state index in [-0.39, 0.29) is 45.4 Å². The zero-order valence-corrected chi connectivity index (χ0v) is 21.0. The summed E-state index contributed by atoms with van der Waals surface area (Å²) in [5.74, 6) is -0.908. The van der Waals surface area contributed by atoms with E-state index in [9.17, 15) is 19.8 Å². The van der Waals surface area contributed by atoms with Crippen molar-refractivity contribution >= 4 is 28.5 Å². The van der Waals surface area contributed by atoms with E-state index in [4.69, 9.17) is 25.5 Å². The smallest absolute Gasteiger partial charge is 0.306 e. The Morgan fingerprint density at radius 1 is 1.11 bits per heavy atom. The summed E-state index contributed by atoms with van der Waals surface area (Å²) in [4.78, 5) is 25.8. The van der Waals surface area contributed by atoms with Gasteiger partial charge in [0.2, 0.25) is 5.43 Å². The average molecular weight is 521 g/mol. The molecule has 0 aliphatic carbocycles. The Kier molecular flexibility index (Phi) is 7.55. The van der Waals surface area contributed by atoms with Crippen molar-refractivity contribution < 1.29 is 28.9 Å². The van der Waals surface area contributed by atoms with Crippen LogP contribution in [0.4, 0.5) is 0 Å². The van der Waals surface area contributed by atoms with Crippen LogP contribution in [0.1, 0.15) is 30.4 Å². The molecule has 0 aliphatic rings. The van der Waals surface area contributed by atoms with Crippen LogP contribution < -0.4 is 10.2 Å². The largest absolute Gasteiger partial charge is 0.508 e. The van der Waals surface area contributed by atoms with Gasteiger partial charge < -0.3 is 24.1 Å². The van der Waals surface area contributed by atoms with Gasteiger partial charge in [-0.1, -0.05) is 36.4 Å². The van der Waals surface area contributed by atoms with Crippen molar-refractivity contribution in [1.82, 2.24) is 0 Å². The average Bonchev–Trinajstić information content (AvgIpc) is 2.87. The Balaban J connectivity index is 1.87. The lowest BCUT2D eigenvalue weighted by atomic mass is 9.86. The maximum Gasteiger partial charge on any atom is 0.306 e. The lowest BCUT2D eigenvalue weighted by molar-refractivity contribution is -0.140. The summed E-state index contributed by atoms with van der Waals surface area (Å²) in [5, 5.41) is 21.0. The number of fused-ring (bicyclic) bond motifs is 1. The van der Waals surface area contributed by atoms with Crippen molar-refractivity contribution in [2.75, 3.05) is 13.7 Å². The van der Waals surface area contributed by atoms with Crippen molar-refractivity contribution in [2.24, 2.45) is 0 Å². The van der Waals surface area contributed by atoms with E-state index in [1.165, 1.54) is 37.6 Å². The molecular formula is C29H25ClO7. The van der Waals surface area contributed by atoms with Gasteiger partial charge in [0.05, 0.1) is 29.5 Å². The zero-order chi connectivity index (χ0) is 26.7. The number of ether oxygens (including phenoxy) is 2. The summed E-state index contributed by atoms with van der Waals surface area (Å²) in [5.41, 5.74) is 2.33. The lowest BCUT2D eigenvalue weighted by Crippen LogP contribution is -2.13. The molecule has 2 N–H and O–H groups in total. The SMILES string of the molecule is C=C(C)COc1ccc(C(CC(=O)OC)c2c(O)ccc3c(=O)c(-c4ccc(O)cc4)coc23)cc1Cl. The van der Waals surface area contributed by atoms with Gasteiger partial charge in [-0.05, 0) is 60.0 Å². The highest BCUT2D eigenvalue weighted by Gasteiger charge is 2.27. The zero-order valence-electron chi connectivity index (χ0n) is 20.3. The molecule has 3 aromatic carbocycles. The van der Waals surface area contributed by atoms with Gasteiger partial charge in [0.15, 0.2) is 0 Å². The number of carbonyl (C=O) groups excluding carboxylic acids is 1. The fraction of sp³-hybridized carbons (Fsp3) is 0.172. The summed E-state index contributed by atoms with van der Waals surface area (Å²) in [6, 6.07) is 14.1. The molecule has 4 aromatic rings. The van der Waals surface area contributed by atoms with E-state index in [0.29, 0.717) is 28.5 Å². The maximum absolute atomic E-state index is 13.4. The summed E-state index contributed by atoms with van der Waals surface area (Å²) < 4.78 is 16.5. The first kappa shape index (κ1) is 25.9. The van der Waals surface area contributed by atoms with Crippen LogP contribution in [0.3, 0.4) is 0 Å². The number of benzene rings is 3. The number of halogens is 1. The second-order valence-electron chi connectivity index (χ2n) is 8.67. The van der Waals surface area contributed by atoms with Crippen LogP contribution in [0.15, 0.2) is 82.2 Å². The summed E-state index contributed by atoms with van der Waals surface area (Å²) in [6.07, 6.45) is 1.16. The first-order valence-corrected chi connectivity index (χ1v) is 11.8. The molecule has 0 saturated heterocycles. The molecule has 0 spiro atoms. The number of carbonyl (C=O) groups is 1. The second-order valence-corrected chi connectivity index (χ2v) is 9.08. The Morgan fingerprint density at radius 2 is 1.84 bits per heavy atom. The molecule has 37 heavy (non-hydrogen) atoms. The summed E-state index contributed by atoms with van der Waals surface area (Å²) in [7, 11) is 1.27. The fourth-order valence-corrected chi connectivity index (χ4v) is 4.32. The van der Waals surface area contributed by atoms with E-state index in [1.807, 2.05) is 6.92 Å². The third kappa shape index (κ3) is 5.47. The van der Waals surface area contributed by atoms with Gasteiger partial charge in [0, 0.05) is 11.5 Å². The molecule has 0 aliphatic heterocycles. The van der Waals surface area contributed by atoms with Crippen LogP contribution in [0.25, 0.3) is 22.1 Å². The van der Waals surface area contributed by atoms with Gasteiger partial charge in [-0.3, -0.25) is 9.59 Å². The Labute approximate surface area is 218 Å². The molecule has 0 radical (unpaired) electrons. The molecule has 1 aromatic heterocycles. The normalized spacial score (nSPS) is 11.8. The minimum absolute atomic E-state index is 0.0708. The number of aromatic hydroxyl groups is 2. The maximum atomic E-state index is 13.4. The molecule has 4 rings (SSSR count). The van der Waals surface area contributed by atoms with Crippen LogP contribution in [-0.2, 0) is 9.53 Å². The Hall–Kier alpha value is -4.23. The van der Waals surface area contributed by atoms with E-state index in [1.54, 1.807) is 30.3 Å². The van der Waals surface area contributed by atoms with Crippen LogP contribution in [-0.4, -0.2) is 29.9 Å². The Morgan fingerprint density at radius 3 is 2.49 bits per heavy atom. The highest BCUT2D eigenvalue weighted by Crippen LogP contribution is 2.41. The highest BCUT2D eigenvalue weighted by molar-refractivity contribution is 6.32. The first-order chi connectivity index (χ1) is 17.7. The van der Waals surface area contributed by atoms with Gasteiger partial charge in [-0.15, -0.1) is 0 Å². The van der Waals surface area contributed by atoms with Crippen LogP contribution in [0, 0.1) is 0 Å². The number of hydrogen-bond acceptors (Lipinski definition) is 7. The van der Waals surface area contributed by atoms with E-state index in [0.717, 1.165) is 5.57 Å². The molecule has 7 nitrogen and oxygen atoms in total. The minimum Gasteiger partial charge on any atom is -0.508 e. The predicted molar refractivity (Wildman–Crippen MR) is 141 cm³/mol. The van der Waals surface area contributed by atoms with Gasteiger partial charge in [0.25, 0.3) is 0 Å². The quantitative estimate of drug-likeness (QED) is 0.211. The first-order valence-electron chi connectivity index (χ1n) is 11.4. The predicted octanol–water partition coefficient (Wildman–Crippen LogP) is 6.17. The molecule has 1 atom stereocenters. The van der Waals surface area contributed by atoms with E-state index >= 15 is 0 Å². The highest BCUT2D eigenvalue weighted by atomic mass is 35.5. The van der Waals surface area contributed by atoms with Crippen LogP contribution >= 0.6 is 11.6 Å². The fourth-order valence-electron chi connectivity index (χ4n) is 4.08. The molecule has 0 saturated carbocycles. The molecule has 1 heterocycles. The standard InChI is InChI=1S/C29H25ClO7/c1-16(2)14-36-25-11-6-18(12-23(25)30)21(13-26(33)35-3)27-24(32)10-9-20-28(34)22(15-37-29(20)27)17-4-7-19(31)8-5-17/h4-12,15,21,31-32H,1,13-14H2,2-3H3. The molecule has 8 heteroatoms. The number of esters is 1. The Bertz CT molecular complexity index is 1540. The number of hydrogen-bond donors (Lipinski definition) is 2. The van der Waals surface area contributed by atoms with Crippen molar-refractivity contribution in [2.45, 2.75) is 19.3 Å². The van der Waals surface area contributed by atoms with Crippen molar-refractivity contribution in [3.8, 4) is 28.4 Å². The topological polar surface area (TPSA) is 106 Å². The number of phenolic OH excluding ortho intramolecular Hbond substituents is 2. The van der Waals surface area contributed by atoms with E-state index in [2.05, 4.69) is 6.58 Å². The summed E-state index contributed by atoms with van der Waals surface area (Å²) in [6.45, 7) is 5.94. The van der Waals surface area contributed by atoms with Gasteiger partial charge in [0.1, 0.15) is 35.7 Å². The van der Waals surface area contributed by atoms with Gasteiger partial charge in [-0.2, -0.15) is 0 Å². The molecule has 0 bridgehead atoms. The monoisotopic (exact) mass is 520 g/mol. The second kappa shape index (κ2) is 10.8. The van der Waals surface area contributed by atoms with Crippen LogP contribution in [0.2, 0.25) is 5.02 Å². The molecule has 1 unspecified atom stereocenters. The molecular weight excluding hydrogens is 496 g/mol. The molecule has 0 fully saturated rings. The van der Waals surface area contributed by atoms with Crippen molar-refractivity contribution in [3.63, 3.8) is 0 Å². The number of rotatable bonds is 8. The lowest BCUT2D eigenvalue weighted by Gasteiger charge is -2.20. The summed E-state index contributed by atoms with van der Waals surface area (Å²) >= 11 is 6.47.